The highest BCUT2D eigenvalue weighted by Gasteiger charge is 2.44. The van der Waals surface area contributed by atoms with Crippen molar-refractivity contribution < 1.29 is 9.50 Å². The van der Waals surface area contributed by atoms with Crippen LogP contribution in [0.2, 0.25) is 5.02 Å². The molecule has 0 spiro atoms. The van der Waals surface area contributed by atoms with Crippen LogP contribution in [0.25, 0.3) is 0 Å². The van der Waals surface area contributed by atoms with E-state index in [1.807, 2.05) is 0 Å². The van der Waals surface area contributed by atoms with Crippen molar-refractivity contribution in [1.82, 2.24) is 0 Å². The summed E-state index contributed by atoms with van der Waals surface area (Å²) in [5.74, 6) is 1.55. The standard InChI is InChI=1S/C15H18ClFO/c16-13-8-12(17)6-5-11(13)7-14(18)15(9-1-2-9)10-3-4-10/h5-6,8-10,14-15,18H,1-4,7H2. The molecule has 0 aromatic heterocycles. The molecule has 3 rings (SSSR count). The molecule has 0 amide bonds. The fourth-order valence-electron chi connectivity index (χ4n) is 3.02. The number of rotatable bonds is 5. The molecule has 18 heavy (non-hydrogen) atoms. The summed E-state index contributed by atoms with van der Waals surface area (Å²) in [6, 6.07) is 4.43. The lowest BCUT2D eigenvalue weighted by molar-refractivity contribution is 0.0825. The zero-order valence-electron chi connectivity index (χ0n) is 10.3. The van der Waals surface area contributed by atoms with Gasteiger partial charge in [-0.25, -0.2) is 4.39 Å². The summed E-state index contributed by atoms with van der Waals surface area (Å²) < 4.78 is 13.0. The molecule has 1 aromatic rings. The summed E-state index contributed by atoms with van der Waals surface area (Å²) in [7, 11) is 0. The third kappa shape index (κ3) is 2.70. The maximum absolute atomic E-state index is 13.0. The van der Waals surface area contributed by atoms with Crippen LogP contribution < -0.4 is 0 Å². The predicted octanol–water partition coefficient (Wildman–Crippen LogP) is 3.82. The van der Waals surface area contributed by atoms with Crippen molar-refractivity contribution in [3.8, 4) is 0 Å². The molecule has 0 heterocycles. The van der Waals surface area contributed by atoms with Crippen molar-refractivity contribution >= 4 is 11.6 Å². The number of hydrogen-bond donors (Lipinski definition) is 1. The van der Waals surface area contributed by atoms with Crippen LogP contribution in [0.4, 0.5) is 4.39 Å². The van der Waals surface area contributed by atoms with Gasteiger partial charge in [0.1, 0.15) is 5.82 Å². The summed E-state index contributed by atoms with van der Waals surface area (Å²) in [4.78, 5) is 0. The molecule has 2 fully saturated rings. The van der Waals surface area contributed by atoms with Gasteiger partial charge in [-0.05, 0) is 61.1 Å². The third-order valence-corrected chi connectivity index (χ3v) is 4.57. The Labute approximate surface area is 112 Å². The van der Waals surface area contributed by atoms with Gasteiger partial charge in [-0.3, -0.25) is 0 Å². The van der Waals surface area contributed by atoms with E-state index in [-0.39, 0.29) is 11.9 Å². The van der Waals surface area contributed by atoms with Gasteiger partial charge >= 0.3 is 0 Å². The van der Waals surface area contributed by atoms with Gasteiger partial charge in [0.25, 0.3) is 0 Å². The van der Waals surface area contributed by atoms with Crippen molar-refractivity contribution in [2.24, 2.45) is 17.8 Å². The van der Waals surface area contributed by atoms with E-state index in [9.17, 15) is 9.50 Å². The van der Waals surface area contributed by atoms with Crippen molar-refractivity contribution in [2.45, 2.75) is 38.2 Å². The molecule has 0 aliphatic heterocycles. The molecule has 2 aliphatic carbocycles. The molecule has 0 bridgehead atoms. The summed E-state index contributed by atoms with van der Waals surface area (Å²) >= 11 is 6.02. The van der Waals surface area contributed by atoms with Crippen LogP contribution in [0, 0.1) is 23.6 Å². The smallest absolute Gasteiger partial charge is 0.124 e. The molecule has 1 N–H and O–H groups in total. The molecule has 1 atom stereocenters. The van der Waals surface area contributed by atoms with Crippen molar-refractivity contribution in [3.63, 3.8) is 0 Å². The van der Waals surface area contributed by atoms with Gasteiger partial charge in [-0.2, -0.15) is 0 Å². The minimum atomic E-state index is -0.326. The molecule has 1 nitrogen and oxygen atoms in total. The molecule has 98 valence electrons. The number of halogens is 2. The van der Waals surface area contributed by atoms with Crippen LogP contribution in [0.1, 0.15) is 31.2 Å². The molecule has 3 heteroatoms. The van der Waals surface area contributed by atoms with Crippen LogP contribution in [0.3, 0.4) is 0 Å². The maximum atomic E-state index is 13.0. The first-order chi connectivity index (χ1) is 8.65. The monoisotopic (exact) mass is 268 g/mol. The van der Waals surface area contributed by atoms with Crippen LogP contribution >= 0.6 is 11.6 Å². The number of aliphatic hydroxyl groups is 1. The Morgan fingerprint density at radius 2 is 1.83 bits per heavy atom. The molecule has 1 aromatic carbocycles. The normalized spacial score (nSPS) is 21.3. The fraction of sp³-hybridized carbons (Fsp3) is 0.600. The van der Waals surface area contributed by atoms with E-state index in [0.717, 1.165) is 5.56 Å². The lowest BCUT2D eigenvalue weighted by Crippen LogP contribution is -2.26. The molecule has 2 saturated carbocycles. The van der Waals surface area contributed by atoms with Crippen LogP contribution in [0.5, 0.6) is 0 Å². The Bertz CT molecular complexity index is 428. The van der Waals surface area contributed by atoms with E-state index in [0.29, 0.717) is 29.2 Å². The summed E-state index contributed by atoms with van der Waals surface area (Å²) in [5, 5.41) is 10.9. The highest BCUT2D eigenvalue weighted by atomic mass is 35.5. The molecule has 1 unspecified atom stereocenters. The molecular weight excluding hydrogens is 251 g/mol. The minimum Gasteiger partial charge on any atom is -0.392 e. The highest BCUT2D eigenvalue weighted by Crippen LogP contribution is 2.51. The lowest BCUT2D eigenvalue weighted by atomic mass is 9.88. The second kappa shape index (κ2) is 4.82. The van der Waals surface area contributed by atoms with E-state index in [4.69, 9.17) is 11.6 Å². The SMILES string of the molecule is OC(Cc1ccc(F)cc1Cl)C(C1CC1)C1CC1. The van der Waals surface area contributed by atoms with Crippen molar-refractivity contribution in [2.75, 3.05) is 0 Å². The average Bonchev–Trinajstić information content (AvgIpc) is 3.16. The van der Waals surface area contributed by atoms with Crippen molar-refractivity contribution in [1.29, 1.82) is 0 Å². The first-order valence-corrected chi connectivity index (χ1v) is 7.15. The lowest BCUT2D eigenvalue weighted by Gasteiger charge is -2.23. The van der Waals surface area contributed by atoms with E-state index in [2.05, 4.69) is 0 Å². The second-order valence-electron chi connectivity index (χ2n) is 5.76. The van der Waals surface area contributed by atoms with Crippen LogP contribution in [0.15, 0.2) is 18.2 Å². The number of benzene rings is 1. The quantitative estimate of drug-likeness (QED) is 0.861. The fourth-order valence-corrected chi connectivity index (χ4v) is 3.27. The van der Waals surface area contributed by atoms with E-state index in [1.165, 1.54) is 37.8 Å². The summed E-state index contributed by atoms with van der Waals surface area (Å²) in [6.07, 6.45) is 5.26. The van der Waals surface area contributed by atoms with Gasteiger partial charge in [-0.1, -0.05) is 17.7 Å². The van der Waals surface area contributed by atoms with E-state index >= 15 is 0 Å². The molecular formula is C15H18ClFO. The highest BCUT2D eigenvalue weighted by molar-refractivity contribution is 6.31. The first-order valence-electron chi connectivity index (χ1n) is 6.77. The Morgan fingerprint density at radius 3 is 2.33 bits per heavy atom. The zero-order chi connectivity index (χ0) is 12.7. The van der Waals surface area contributed by atoms with E-state index in [1.54, 1.807) is 6.07 Å². The van der Waals surface area contributed by atoms with Gasteiger partial charge in [0, 0.05) is 11.4 Å². The second-order valence-corrected chi connectivity index (χ2v) is 6.17. The van der Waals surface area contributed by atoms with E-state index < -0.39 is 0 Å². The average molecular weight is 269 g/mol. The Balaban J connectivity index is 1.70. The molecule has 2 aliphatic rings. The third-order valence-electron chi connectivity index (χ3n) is 4.22. The van der Waals surface area contributed by atoms with Gasteiger partial charge in [-0.15, -0.1) is 0 Å². The van der Waals surface area contributed by atoms with Crippen LogP contribution in [-0.2, 0) is 6.42 Å². The summed E-state index contributed by atoms with van der Waals surface area (Å²) in [6.45, 7) is 0. The molecule has 0 saturated heterocycles. The predicted molar refractivity (Wildman–Crippen MR) is 70.1 cm³/mol. The first kappa shape index (κ1) is 12.4. The summed E-state index contributed by atoms with van der Waals surface area (Å²) in [5.41, 5.74) is 0.858. The van der Waals surface area contributed by atoms with Gasteiger partial charge < -0.3 is 5.11 Å². The maximum Gasteiger partial charge on any atom is 0.124 e. The Kier molecular flexibility index (Phi) is 3.33. The van der Waals surface area contributed by atoms with Gasteiger partial charge in [0.05, 0.1) is 6.10 Å². The number of aliphatic hydroxyl groups excluding tert-OH is 1. The van der Waals surface area contributed by atoms with Crippen molar-refractivity contribution in [3.05, 3.63) is 34.6 Å². The minimum absolute atomic E-state index is 0.320. The Morgan fingerprint density at radius 1 is 1.22 bits per heavy atom. The number of hydrogen-bond acceptors (Lipinski definition) is 1. The zero-order valence-corrected chi connectivity index (χ0v) is 11.0. The molecule has 0 radical (unpaired) electrons. The van der Waals surface area contributed by atoms with Gasteiger partial charge in [0.2, 0.25) is 0 Å². The Hall–Kier alpha value is -0.600. The van der Waals surface area contributed by atoms with Gasteiger partial charge in [0.15, 0.2) is 0 Å². The topological polar surface area (TPSA) is 20.2 Å². The van der Waals surface area contributed by atoms with Crippen LogP contribution in [-0.4, -0.2) is 11.2 Å². The largest absolute Gasteiger partial charge is 0.392 e.